The van der Waals surface area contributed by atoms with Crippen molar-refractivity contribution in [2.75, 3.05) is 9.80 Å². The Hall–Kier alpha value is -2.82. The summed E-state index contributed by atoms with van der Waals surface area (Å²) in [6, 6.07) is 21.5. The summed E-state index contributed by atoms with van der Waals surface area (Å²) in [5.41, 5.74) is 1.82. The molecular formula is C21H14Cl2N2O2. The fourth-order valence-electron chi connectivity index (χ4n) is 3.16. The molecule has 1 unspecified atom stereocenters. The van der Waals surface area contributed by atoms with Crippen LogP contribution >= 0.6 is 23.2 Å². The van der Waals surface area contributed by atoms with Gasteiger partial charge in [-0.1, -0.05) is 53.5 Å². The van der Waals surface area contributed by atoms with E-state index in [0.29, 0.717) is 21.4 Å². The van der Waals surface area contributed by atoms with Gasteiger partial charge in [0.1, 0.15) is 6.04 Å². The number of halogens is 2. The van der Waals surface area contributed by atoms with E-state index in [0.717, 1.165) is 5.56 Å². The average Bonchev–Trinajstić information content (AvgIpc) is 2.94. The second-order valence-corrected chi connectivity index (χ2v) is 6.97. The lowest BCUT2D eigenvalue weighted by molar-refractivity contribution is -0.118. The molecule has 0 aliphatic carbocycles. The van der Waals surface area contributed by atoms with E-state index in [-0.39, 0.29) is 5.91 Å². The van der Waals surface area contributed by atoms with Crippen molar-refractivity contribution in [3.63, 3.8) is 0 Å². The molecule has 0 aromatic heterocycles. The first-order chi connectivity index (χ1) is 13.1. The van der Waals surface area contributed by atoms with Crippen molar-refractivity contribution in [1.29, 1.82) is 0 Å². The number of urea groups is 1. The molecule has 0 spiro atoms. The molecule has 1 atom stereocenters. The summed E-state index contributed by atoms with van der Waals surface area (Å²) in [4.78, 5) is 29.2. The fraction of sp³-hybridized carbons (Fsp3) is 0.0476. The van der Waals surface area contributed by atoms with Crippen LogP contribution in [0.1, 0.15) is 11.6 Å². The van der Waals surface area contributed by atoms with Gasteiger partial charge in [0.15, 0.2) is 0 Å². The molecule has 3 aromatic rings. The number of rotatable bonds is 3. The quantitative estimate of drug-likeness (QED) is 0.532. The molecule has 0 bridgehead atoms. The number of amides is 3. The van der Waals surface area contributed by atoms with Gasteiger partial charge in [0.25, 0.3) is 5.91 Å². The zero-order chi connectivity index (χ0) is 19.0. The third kappa shape index (κ3) is 3.18. The van der Waals surface area contributed by atoms with Crippen LogP contribution in [0.15, 0.2) is 78.9 Å². The SMILES string of the molecule is O=C1C(c2ccccc2)N(c2ccc(Cl)cc2)C(=O)N1c1ccc(Cl)cc1. The van der Waals surface area contributed by atoms with E-state index in [1.165, 1.54) is 9.80 Å². The molecule has 0 N–H and O–H groups in total. The molecule has 1 fully saturated rings. The number of carbonyl (C=O) groups excluding carboxylic acids is 2. The average molecular weight is 397 g/mol. The number of carbonyl (C=O) groups is 2. The van der Waals surface area contributed by atoms with E-state index < -0.39 is 12.1 Å². The maximum Gasteiger partial charge on any atom is 0.336 e. The van der Waals surface area contributed by atoms with Crippen molar-refractivity contribution in [1.82, 2.24) is 0 Å². The standard InChI is InChI=1S/C21H14Cl2N2O2/c22-15-6-10-17(11-7-15)24-19(14-4-2-1-3-5-14)20(26)25(21(24)27)18-12-8-16(23)9-13-18/h1-13,19H. The van der Waals surface area contributed by atoms with Crippen molar-refractivity contribution in [2.45, 2.75) is 6.04 Å². The van der Waals surface area contributed by atoms with Crippen LogP contribution in [0.25, 0.3) is 0 Å². The third-order valence-electron chi connectivity index (χ3n) is 4.41. The second-order valence-electron chi connectivity index (χ2n) is 6.09. The lowest BCUT2D eigenvalue weighted by atomic mass is 10.1. The highest BCUT2D eigenvalue weighted by atomic mass is 35.5. The van der Waals surface area contributed by atoms with Crippen molar-refractivity contribution >= 4 is 46.5 Å². The highest BCUT2D eigenvalue weighted by Gasteiger charge is 2.47. The predicted molar refractivity (Wildman–Crippen MR) is 107 cm³/mol. The number of hydrogen-bond acceptors (Lipinski definition) is 2. The van der Waals surface area contributed by atoms with Crippen LogP contribution in [0.2, 0.25) is 10.0 Å². The largest absolute Gasteiger partial charge is 0.336 e. The van der Waals surface area contributed by atoms with Crippen LogP contribution in [0.5, 0.6) is 0 Å². The summed E-state index contributed by atoms with van der Waals surface area (Å²) in [6.07, 6.45) is 0. The number of benzene rings is 3. The monoisotopic (exact) mass is 396 g/mol. The Bertz CT molecular complexity index is 989. The van der Waals surface area contributed by atoms with Gasteiger partial charge in [-0.2, -0.15) is 0 Å². The summed E-state index contributed by atoms with van der Waals surface area (Å²) in [7, 11) is 0. The minimum Gasteiger partial charge on any atom is -0.277 e. The molecule has 3 amide bonds. The Kier molecular flexibility index (Phi) is 4.60. The van der Waals surface area contributed by atoms with E-state index in [1.807, 2.05) is 30.3 Å². The van der Waals surface area contributed by atoms with Gasteiger partial charge >= 0.3 is 6.03 Å². The van der Waals surface area contributed by atoms with E-state index in [2.05, 4.69) is 0 Å². The fourth-order valence-corrected chi connectivity index (χ4v) is 3.41. The molecule has 0 saturated carbocycles. The molecule has 6 heteroatoms. The summed E-state index contributed by atoms with van der Waals surface area (Å²) >= 11 is 11.9. The van der Waals surface area contributed by atoms with Gasteiger partial charge in [0, 0.05) is 15.7 Å². The number of nitrogens with zero attached hydrogens (tertiary/aromatic N) is 2. The first-order valence-corrected chi connectivity index (χ1v) is 9.05. The van der Waals surface area contributed by atoms with Crippen LogP contribution in [0.4, 0.5) is 16.2 Å². The predicted octanol–water partition coefficient (Wildman–Crippen LogP) is 5.71. The lowest BCUT2D eigenvalue weighted by Crippen LogP contribution is -2.33. The van der Waals surface area contributed by atoms with E-state index in [4.69, 9.17) is 23.2 Å². The molecule has 134 valence electrons. The molecule has 4 rings (SSSR count). The van der Waals surface area contributed by atoms with Gasteiger partial charge in [-0.3, -0.25) is 9.69 Å². The van der Waals surface area contributed by atoms with Gasteiger partial charge in [-0.05, 0) is 54.1 Å². The van der Waals surface area contributed by atoms with Crippen molar-refractivity contribution in [3.8, 4) is 0 Å². The van der Waals surface area contributed by atoms with Gasteiger partial charge < -0.3 is 0 Å². The number of anilines is 2. The number of imide groups is 1. The smallest absolute Gasteiger partial charge is 0.277 e. The first kappa shape index (κ1) is 17.6. The maximum atomic E-state index is 13.3. The molecule has 1 saturated heterocycles. The van der Waals surface area contributed by atoms with Gasteiger partial charge in [-0.15, -0.1) is 0 Å². The molecule has 1 aliphatic heterocycles. The summed E-state index contributed by atoms with van der Waals surface area (Å²) in [6.45, 7) is 0. The zero-order valence-electron chi connectivity index (χ0n) is 14.0. The summed E-state index contributed by atoms with van der Waals surface area (Å²) in [5, 5.41) is 1.09. The first-order valence-electron chi connectivity index (χ1n) is 8.29. The second kappa shape index (κ2) is 7.06. The van der Waals surface area contributed by atoms with Crippen LogP contribution in [0.3, 0.4) is 0 Å². The molecule has 1 aliphatic rings. The van der Waals surface area contributed by atoms with Gasteiger partial charge in [0.05, 0.1) is 5.69 Å². The van der Waals surface area contributed by atoms with Crippen LogP contribution in [-0.2, 0) is 4.79 Å². The Balaban J connectivity index is 1.83. The highest BCUT2D eigenvalue weighted by Crippen LogP contribution is 2.38. The molecule has 3 aromatic carbocycles. The molecule has 27 heavy (non-hydrogen) atoms. The van der Waals surface area contributed by atoms with E-state index in [1.54, 1.807) is 48.5 Å². The van der Waals surface area contributed by atoms with Crippen LogP contribution in [-0.4, -0.2) is 11.9 Å². The van der Waals surface area contributed by atoms with Crippen molar-refractivity contribution in [3.05, 3.63) is 94.5 Å². The normalized spacial score (nSPS) is 16.9. The lowest BCUT2D eigenvalue weighted by Gasteiger charge is -2.22. The van der Waals surface area contributed by atoms with E-state index in [9.17, 15) is 9.59 Å². The molecule has 4 nitrogen and oxygen atoms in total. The summed E-state index contributed by atoms with van der Waals surface area (Å²) < 4.78 is 0. The maximum absolute atomic E-state index is 13.3. The number of hydrogen-bond donors (Lipinski definition) is 0. The summed E-state index contributed by atoms with van der Waals surface area (Å²) in [5.74, 6) is -0.316. The zero-order valence-corrected chi connectivity index (χ0v) is 15.6. The molecule has 0 radical (unpaired) electrons. The Morgan fingerprint density at radius 2 is 1.19 bits per heavy atom. The minimum absolute atomic E-state index is 0.316. The van der Waals surface area contributed by atoms with Gasteiger partial charge in [-0.25, -0.2) is 9.69 Å². The topological polar surface area (TPSA) is 40.6 Å². The van der Waals surface area contributed by atoms with Crippen LogP contribution in [0, 0.1) is 0 Å². The van der Waals surface area contributed by atoms with Crippen molar-refractivity contribution < 1.29 is 9.59 Å². The van der Waals surface area contributed by atoms with Gasteiger partial charge in [0.2, 0.25) is 0 Å². The third-order valence-corrected chi connectivity index (χ3v) is 4.92. The Morgan fingerprint density at radius 3 is 1.74 bits per heavy atom. The Morgan fingerprint density at radius 1 is 0.667 bits per heavy atom. The van der Waals surface area contributed by atoms with E-state index >= 15 is 0 Å². The Labute approximate surface area is 166 Å². The molecular weight excluding hydrogens is 383 g/mol. The van der Waals surface area contributed by atoms with Crippen molar-refractivity contribution in [2.24, 2.45) is 0 Å². The van der Waals surface area contributed by atoms with Crippen LogP contribution < -0.4 is 9.80 Å². The highest BCUT2D eigenvalue weighted by molar-refractivity contribution is 6.32. The molecule has 1 heterocycles. The minimum atomic E-state index is -0.754.